The van der Waals surface area contributed by atoms with Gasteiger partial charge in [0.1, 0.15) is 5.82 Å². The van der Waals surface area contributed by atoms with E-state index < -0.39 is 5.54 Å². The summed E-state index contributed by atoms with van der Waals surface area (Å²) in [7, 11) is 0. The maximum atomic E-state index is 13.6. The van der Waals surface area contributed by atoms with Crippen molar-refractivity contribution in [1.82, 2.24) is 9.55 Å². The molecule has 0 saturated carbocycles. The quantitative estimate of drug-likeness (QED) is 0.923. The van der Waals surface area contributed by atoms with Crippen molar-refractivity contribution in [3.05, 3.63) is 52.9 Å². The Hall–Kier alpha value is -1.68. The first-order chi connectivity index (χ1) is 8.79. The van der Waals surface area contributed by atoms with Crippen LogP contribution in [0.5, 0.6) is 0 Å². The van der Waals surface area contributed by atoms with Gasteiger partial charge in [0.25, 0.3) is 0 Å². The van der Waals surface area contributed by atoms with Crippen LogP contribution in [0.1, 0.15) is 36.2 Å². The molecule has 0 radical (unpaired) electrons. The molecule has 1 aromatic carbocycles. The molecule has 1 heterocycles. The summed E-state index contributed by atoms with van der Waals surface area (Å²) in [6.45, 7) is 8.11. The Morgan fingerprint density at radius 2 is 1.84 bits per heavy atom. The van der Waals surface area contributed by atoms with E-state index >= 15 is 0 Å². The van der Waals surface area contributed by atoms with Crippen LogP contribution in [0.25, 0.3) is 0 Å². The fourth-order valence-electron chi connectivity index (χ4n) is 2.31. The summed E-state index contributed by atoms with van der Waals surface area (Å²) in [4.78, 5) is 4.16. The van der Waals surface area contributed by atoms with Crippen LogP contribution in [-0.2, 0) is 12.1 Å². The monoisotopic (exact) mass is 261 g/mol. The van der Waals surface area contributed by atoms with Crippen LogP contribution in [0, 0.1) is 19.7 Å². The van der Waals surface area contributed by atoms with Gasteiger partial charge < -0.3 is 10.3 Å². The first kappa shape index (κ1) is 13.7. The normalized spacial score (nSPS) is 11.9. The van der Waals surface area contributed by atoms with Crippen molar-refractivity contribution in [2.24, 2.45) is 5.73 Å². The van der Waals surface area contributed by atoms with Gasteiger partial charge in [-0.25, -0.2) is 9.37 Å². The molecular formula is C15H20FN3. The van der Waals surface area contributed by atoms with E-state index in [4.69, 9.17) is 5.73 Å². The average molecular weight is 261 g/mol. The molecule has 2 rings (SSSR count). The van der Waals surface area contributed by atoms with Crippen LogP contribution >= 0.6 is 0 Å². The van der Waals surface area contributed by atoms with Crippen LogP contribution in [0.3, 0.4) is 0 Å². The number of nitrogens with two attached hydrogens (primary N) is 1. The van der Waals surface area contributed by atoms with Gasteiger partial charge in [-0.05, 0) is 44.4 Å². The zero-order valence-electron chi connectivity index (χ0n) is 11.9. The van der Waals surface area contributed by atoms with Gasteiger partial charge in [-0.1, -0.05) is 12.1 Å². The van der Waals surface area contributed by atoms with Crippen LogP contribution in [0.2, 0.25) is 0 Å². The standard InChI is InChI=1S/C15H20FN3/c1-10-5-12(6-11(2)14(10)16)8-19-9-18-7-13(19)15(3,4)17/h5-7,9H,8,17H2,1-4H3. The van der Waals surface area contributed by atoms with E-state index in [0.717, 1.165) is 11.3 Å². The summed E-state index contributed by atoms with van der Waals surface area (Å²) in [6, 6.07) is 3.74. The summed E-state index contributed by atoms with van der Waals surface area (Å²) >= 11 is 0. The van der Waals surface area contributed by atoms with Gasteiger partial charge in [-0.2, -0.15) is 0 Å². The molecule has 0 aliphatic rings. The lowest BCUT2D eigenvalue weighted by Crippen LogP contribution is -2.31. The number of rotatable bonds is 3. The predicted molar refractivity (Wildman–Crippen MR) is 74.4 cm³/mol. The fourth-order valence-corrected chi connectivity index (χ4v) is 2.31. The largest absolute Gasteiger partial charge is 0.328 e. The predicted octanol–water partition coefficient (Wildman–Crippen LogP) is 2.88. The van der Waals surface area contributed by atoms with Crippen molar-refractivity contribution in [3.63, 3.8) is 0 Å². The first-order valence-electron chi connectivity index (χ1n) is 6.34. The second kappa shape index (κ2) is 4.78. The molecule has 2 N–H and O–H groups in total. The number of aromatic nitrogens is 2. The molecule has 1 aromatic heterocycles. The van der Waals surface area contributed by atoms with E-state index in [9.17, 15) is 4.39 Å². The van der Waals surface area contributed by atoms with Gasteiger partial charge >= 0.3 is 0 Å². The highest BCUT2D eigenvalue weighted by molar-refractivity contribution is 5.31. The van der Waals surface area contributed by atoms with Crippen molar-refractivity contribution in [2.45, 2.75) is 39.8 Å². The molecule has 0 spiro atoms. The molecule has 2 aromatic rings. The SMILES string of the molecule is Cc1cc(Cn2cncc2C(C)(C)N)cc(C)c1F. The number of nitrogens with zero attached hydrogens (tertiary/aromatic N) is 2. The lowest BCUT2D eigenvalue weighted by atomic mass is 10.0. The summed E-state index contributed by atoms with van der Waals surface area (Å²) in [5, 5.41) is 0. The minimum Gasteiger partial charge on any atom is -0.328 e. The van der Waals surface area contributed by atoms with Gasteiger partial charge in [0.2, 0.25) is 0 Å². The highest BCUT2D eigenvalue weighted by atomic mass is 19.1. The number of hydrogen-bond acceptors (Lipinski definition) is 2. The molecule has 4 heteroatoms. The van der Waals surface area contributed by atoms with E-state index in [1.807, 2.05) is 30.5 Å². The minimum atomic E-state index is -0.444. The maximum Gasteiger partial charge on any atom is 0.129 e. The van der Waals surface area contributed by atoms with Gasteiger partial charge in [0, 0.05) is 12.7 Å². The Morgan fingerprint density at radius 3 is 2.37 bits per heavy atom. The molecule has 0 atom stereocenters. The summed E-state index contributed by atoms with van der Waals surface area (Å²) in [5.74, 6) is -0.131. The van der Waals surface area contributed by atoms with Gasteiger partial charge in [0.15, 0.2) is 0 Å². The molecule has 0 aliphatic heterocycles. The summed E-state index contributed by atoms with van der Waals surface area (Å²) < 4.78 is 15.6. The molecule has 0 saturated heterocycles. The number of aryl methyl sites for hydroxylation is 2. The van der Waals surface area contributed by atoms with E-state index in [1.165, 1.54) is 0 Å². The molecule has 0 fully saturated rings. The highest BCUT2D eigenvalue weighted by Crippen LogP contribution is 2.20. The zero-order valence-corrected chi connectivity index (χ0v) is 11.9. The van der Waals surface area contributed by atoms with Crippen molar-refractivity contribution in [1.29, 1.82) is 0 Å². The van der Waals surface area contributed by atoms with E-state index in [2.05, 4.69) is 4.98 Å². The van der Waals surface area contributed by atoms with Crippen molar-refractivity contribution in [3.8, 4) is 0 Å². The zero-order chi connectivity index (χ0) is 14.2. The molecule has 0 bridgehead atoms. The number of benzene rings is 1. The first-order valence-corrected chi connectivity index (χ1v) is 6.34. The Bertz CT molecular complexity index is 571. The molecule has 0 unspecified atom stereocenters. The summed E-state index contributed by atoms with van der Waals surface area (Å²) in [5.41, 5.74) is 9.04. The van der Waals surface area contributed by atoms with Crippen molar-refractivity contribution in [2.75, 3.05) is 0 Å². The van der Waals surface area contributed by atoms with Crippen LogP contribution in [0.15, 0.2) is 24.7 Å². The Labute approximate surface area is 113 Å². The third-order valence-corrected chi connectivity index (χ3v) is 3.22. The van der Waals surface area contributed by atoms with Gasteiger partial charge in [-0.15, -0.1) is 0 Å². The molecular weight excluding hydrogens is 241 g/mol. The molecule has 3 nitrogen and oxygen atoms in total. The minimum absolute atomic E-state index is 0.131. The molecule has 0 amide bonds. The second-order valence-corrected chi connectivity index (χ2v) is 5.67. The van der Waals surface area contributed by atoms with Gasteiger partial charge in [0.05, 0.1) is 17.6 Å². The highest BCUT2D eigenvalue weighted by Gasteiger charge is 2.19. The average Bonchev–Trinajstić information content (AvgIpc) is 2.73. The smallest absolute Gasteiger partial charge is 0.129 e. The Kier molecular flexibility index (Phi) is 3.45. The third kappa shape index (κ3) is 2.84. The lowest BCUT2D eigenvalue weighted by molar-refractivity contribution is 0.503. The second-order valence-electron chi connectivity index (χ2n) is 5.67. The molecule has 0 aliphatic carbocycles. The number of halogens is 1. The van der Waals surface area contributed by atoms with E-state index in [0.29, 0.717) is 17.7 Å². The van der Waals surface area contributed by atoms with Gasteiger partial charge in [-0.3, -0.25) is 0 Å². The fraction of sp³-hybridized carbons (Fsp3) is 0.400. The Balaban J connectivity index is 2.35. The molecule has 19 heavy (non-hydrogen) atoms. The number of imidazole rings is 1. The van der Waals surface area contributed by atoms with Crippen molar-refractivity contribution < 1.29 is 4.39 Å². The van der Waals surface area contributed by atoms with Crippen molar-refractivity contribution >= 4 is 0 Å². The van der Waals surface area contributed by atoms with E-state index in [1.54, 1.807) is 26.4 Å². The van der Waals surface area contributed by atoms with E-state index in [-0.39, 0.29) is 5.82 Å². The number of hydrogen-bond donors (Lipinski definition) is 1. The summed E-state index contributed by atoms with van der Waals surface area (Å²) in [6.07, 6.45) is 3.54. The Morgan fingerprint density at radius 1 is 1.26 bits per heavy atom. The van der Waals surface area contributed by atoms with Crippen LogP contribution in [0.4, 0.5) is 4.39 Å². The third-order valence-electron chi connectivity index (χ3n) is 3.22. The lowest BCUT2D eigenvalue weighted by Gasteiger charge is -2.21. The van der Waals surface area contributed by atoms with Crippen LogP contribution < -0.4 is 5.73 Å². The molecule has 102 valence electrons. The maximum absolute atomic E-state index is 13.6. The van der Waals surface area contributed by atoms with Crippen LogP contribution in [-0.4, -0.2) is 9.55 Å². The topological polar surface area (TPSA) is 43.8 Å².